The van der Waals surface area contributed by atoms with Crippen molar-refractivity contribution in [2.75, 3.05) is 0 Å². The Balaban J connectivity index is 2.88. The maximum Gasteiger partial charge on any atom is 0.163 e. The van der Waals surface area contributed by atoms with Crippen molar-refractivity contribution >= 4 is 13.9 Å². The van der Waals surface area contributed by atoms with Crippen molar-refractivity contribution in [1.82, 2.24) is 0 Å². The molecule has 0 aliphatic heterocycles. The number of unbranched alkanes of at least 4 members (excludes halogenated alkanes) is 1. The number of hydrogen-bond donors (Lipinski definition) is 0. The summed E-state index contributed by atoms with van der Waals surface area (Å²) < 4.78 is 0. The topological polar surface area (TPSA) is 17.1 Å². The van der Waals surface area contributed by atoms with Gasteiger partial charge in [0.25, 0.3) is 0 Å². The van der Waals surface area contributed by atoms with Gasteiger partial charge in [-0.3, -0.25) is 4.79 Å². The number of hydrogen-bond acceptors (Lipinski definition) is 1. The number of Topliss-reactive ketones (excluding diaryl/α,β-unsaturated/α-hetero) is 1. The van der Waals surface area contributed by atoms with Crippen molar-refractivity contribution in [2.45, 2.75) is 65.2 Å². The van der Waals surface area contributed by atoms with Crippen LogP contribution in [0, 0.1) is 6.92 Å². The molecule has 2 heteroatoms. The molecule has 1 aromatic carbocycles. The number of aryl methyl sites for hydroxylation is 2. The first-order chi connectivity index (χ1) is 8.83. The molecule has 0 aromatic heterocycles. The van der Waals surface area contributed by atoms with Crippen LogP contribution in [0.5, 0.6) is 0 Å². The van der Waals surface area contributed by atoms with E-state index in [1.54, 1.807) is 0 Å². The monoisotopic (exact) mass is 276 g/mol. The number of rotatable bonds is 7. The minimum Gasteiger partial charge on any atom is -0.294 e. The molecule has 0 N–H and O–H groups in total. The average molecular weight is 276 g/mol. The molecule has 1 aromatic rings. The standard InChI is InChI=1S/C17H28OSi/c1-6-7-8-17(18)16-10-9-14(2)13-15(16)11-12-19(3,4)5/h9-10,13H,6-8,11-12H2,1-5H3. The molecule has 0 saturated heterocycles. The van der Waals surface area contributed by atoms with Crippen LogP contribution in [0.4, 0.5) is 0 Å². The predicted molar refractivity (Wildman–Crippen MR) is 86.9 cm³/mol. The Hall–Kier alpha value is -0.893. The molecular formula is C17H28OSi. The summed E-state index contributed by atoms with van der Waals surface area (Å²) in [5, 5.41) is 0. The van der Waals surface area contributed by atoms with Gasteiger partial charge in [-0.1, -0.05) is 62.8 Å². The molecule has 0 spiro atoms. The van der Waals surface area contributed by atoms with Crippen molar-refractivity contribution < 1.29 is 4.79 Å². The molecular weight excluding hydrogens is 248 g/mol. The summed E-state index contributed by atoms with van der Waals surface area (Å²) in [6.45, 7) is 11.4. The van der Waals surface area contributed by atoms with Crippen LogP contribution < -0.4 is 0 Å². The zero-order valence-corrected chi connectivity index (χ0v) is 14.2. The maximum atomic E-state index is 12.3. The van der Waals surface area contributed by atoms with E-state index in [1.807, 2.05) is 6.07 Å². The van der Waals surface area contributed by atoms with Crippen molar-refractivity contribution in [2.24, 2.45) is 0 Å². The van der Waals surface area contributed by atoms with E-state index in [0.29, 0.717) is 12.2 Å². The van der Waals surface area contributed by atoms with Crippen molar-refractivity contribution in [3.05, 3.63) is 34.9 Å². The predicted octanol–water partition coefficient (Wildman–Crippen LogP) is 5.25. The van der Waals surface area contributed by atoms with Gasteiger partial charge >= 0.3 is 0 Å². The van der Waals surface area contributed by atoms with Gasteiger partial charge in [0.05, 0.1) is 0 Å². The summed E-state index contributed by atoms with van der Waals surface area (Å²) in [6, 6.07) is 7.56. The van der Waals surface area contributed by atoms with E-state index in [2.05, 4.69) is 45.6 Å². The lowest BCUT2D eigenvalue weighted by Crippen LogP contribution is -2.20. The van der Waals surface area contributed by atoms with Gasteiger partial charge in [0.1, 0.15) is 0 Å². The lowest BCUT2D eigenvalue weighted by Gasteiger charge is -2.17. The summed E-state index contributed by atoms with van der Waals surface area (Å²) in [4.78, 5) is 12.3. The summed E-state index contributed by atoms with van der Waals surface area (Å²) in [7, 11) is -1.05. The van der Waals surface area contributed by atoms with Crippen LogP contribution in [0.1, 0.15) is 47.7 Å². The summed E-state index contributed by atoms with van der Waals surface area (Å²) >= 11 is 0. The van der Waals surface area contributed by atoms with Gasteiger partial charge in [-0.2, -0.15) is 0 Å². The maximum absolute atomic E-state index is 12.3. The fourth-order valence-corrected chi connectivity index (χ4v) is 3.20. The first-order valence-electron chi connectivity index (χ1n) is 7.46. The molecule has 19 heavy (non-hydrogen) atoms. The summed E-state index contributed by atoms with van der Waals surface area (Å²) in [6.07, 6.45) is 3.84. The fourth-order valence-electron chi connectivity index (χ4n) is 2.18. The van der Waals surface area contributed by atoms with Crippen LogP contribution in [-0.2, 0) is 6.42 Å². The largest absolute Gasteiger partial charge is 0.294 e. The van der Waals surface area contributed by atoms with Gasteiger partial charge in [0.2, 0.25) is 0 Å². The van der Waals surface area contributed by atoms with Crippen LogP contribution in [0.2, 0.25) is 25.7 Å². The lowest BCUT2D eigenvalue weighted by molar-refractivity contribution is 0.0979. The van der Waals surface area contributed by atoms with E-state index < -0.39 is 8.07 Å². The van der Waals surface area contributed by atoms with Crippen LogP contribution in [0.3, 0.4) is 0 Å². The first-order valence-corrected chi connectivity index (χ1v) is 11.2. The molecule has 106 valence electrons. The molecule has 1 nitrogen and oxygen atoms in total. The first kappa shape index (κ1) is 16.2. The Labute approximate surface area is 119 Å². The van der Waals surface area contributed by atoms with Crippen LogP contribution >= 0.6 is 0 Å². The van der Waals surface area contributed by atoms with Gasteiger partial charge in [-0.15, -0.1) is 0 Å². The van der Waals surface area contributed by atoms with E-state index in [9.17, 15) is 4.79 Å². The smallest absolute Gasteiger partial charge is 0.163 e. The molecule has 0 bridgehead atoms. The normalized spacial score (nSPS) is 11.6. The molecule has 1 rings (SSSR count). The minimum absolute atomic E-state index is 0.326. The highest BCUT2D eigenvalue weighted by atomic mass is 28.3. The summed E-state index contributed by atoms with van der Waals surface area (Å²) in [5.74, 6) is 0.326. The van der Waals surface area contributed by atoms with E-state index >= 15 is 0 Å². The molecule has 0 atom stereocenters. The number of benzene rings is 1. The van der Waals surface area contributed by atoms with E-state index in [-0.39, 0.29) is 0 Å². The number of carbonyl (C=O) groups is 1. The highest BCUT2D eigenvalue weighted by Gasteiger charge is 2.16. The minimum atomic E-state index is -1.05. The average Bonchev–Trinajstić information content (AvgIpc) is 2.32. The Morgan fingerprint density at radius 3 is 2.47 bits per heavy atom. The highest BCUT2D eigenvalue weighted by Crippen LogP contribution is 2.20. The van der Waals surface area contributed by atoms with Crippen LogP contribution in [-0.4, -0.2) is 13.9 Å². The van der Waals surface area contributed by atoms with Crippen LogP contribution in [0.25, 0.3) is 0 Å². The third-order valence-corrected chi connectivity index (χ3v) is 5.21. The fraction of sp³-hybridized carbons (Fsp3) is 0.588. The summed E-state index contributed by atoms with van der Waals surface area (Å²) in [5.41, 5.74) is 3.50. The van der Waals surface area contributed by atoms with Gasteiger partial charge in [-0.25, -0.2) is 0 Å². The molecule has 0 fully saturated rings. The van der Waals surface area contributed by atoms with Gasteiger partial charge in [0.15, 0.2) is 5.78 Å². The quantitative estimate of drug-likeness (QED) is 0.491. The zero-order chi connectivity index (χ0) is 14.5. The molecule has 0 aliphatic rings. The van der Waals surface area contributed by atoms with E-state index in [4.69, 9.17) is 0 Å². The third kappa shape index (κ3) is 5.73. The molecule has 0 saturated carbocycles. The molecule has 0 radical (unpaired) electrons. The molecule has 0 unspecified atom stereocenters. The zero-order valence-electron chi connectivity index (χ0n) is 13.2. The van der Waals surface area contributed by atoms with E-state index in [1.165, 1.54) is 17.2 Å². The Bertz CT molecular complexity index is 429. The number of carbonyl (C=O) groups excluding carboxylic acids is 1. The van der Waals surface area contributed by atoms with Crippen molar-refractivity contribution in [1.29, 1.82) is 0 Å². The molecule has 0 heterocycles. The van der Waals surface area contributed by atoms with Gasteiger partial charge in [-0.05, 0) is 25.3 Å². The SMILES string of the molecule is CCCCC(=O)c1ccc(C)cc1CC[Si](C)(C)C. The Kier molecular flexibility index (Phi) is 5.99. The molecule has 0 aliphatic carbocycles. The lowest BCUT2D eigenvalue weighted by atomic mass is 9.97. The second-order valence-corrected chi connectivity index (χ2v) is 12.4. The molecule has 0 amide bonds. The van der Waals surface area contributed by atoms with Gasteiger partial charge < -0.3 is 0 Å². The highest BCUT2D eigenvalue weighted by molar-refractivity contribution is 6.76. The van der Waals surface area contributed by atoms with E-state index in [0.717, 1.165) is 24.8 Å². The second kappa shape index (κ2) is 7.04. The Morgan fingerprint density at radius 1 is 1.21 bits per heavy atom. The van der Waals surface area contributed by atoms with Crippen molar-refractivity contribution in [3.8, 4) is 0 Å². The third-order valence-electron chi connectivity index (χ3n) is 3.46. The van der Waals surface area contributed by atoms with Crippen LogP contribution in [0.15, 0.2) is 18.2 Å². The Morgan fingerprint density at radius 2 is 1.89 bits per heavy atom. The number of ketones is 1. The van der Waals surface area contributed by atoms with Gasteiger partial charge in [0, 0.05) is 20.1 Å². The van der Waals surface area contributed by atoms with Crippen molar-refractivity contribution in [3.63, 3.8) is 0 Å². The second-order valence-electron chi connectivity index (χ2n) is 6.75.